The minimum atomic E-state index is 0.709. The van der Waals surface area contributed by atoms with Crippen molar-refractivity contribution >= 4 is 19.3 Å². The van der Waals surface area contributed by atoms with Crippen molar-refractivity contribution in [2.75, 3.05) is 12.3 Å². The summed E-state index contributed by atoms with van der Waals surface area (Å²) in [6.45, 7) is 4.02. The zero-order valence-electron chi connectivity index (χ0n) is 4.17. The maximum Gasteiger partial charge on any atom is 0.0563 e. The summed E-state index contributed by atoms with van der Waals surface area (Å²) in [5.41, 5.74) is 0. The Bertz CT molecular complexity index is 68.5. The summed E-state index contributed by atoms with van der Waals surface area (Å²) in [6, 6.07) is 0. The molecule has 0 radical (unpaired) electrons. The van der Waals surface area contributed by atoms with E-state index < -0.39 is 0 Å². The van der Waals surface area contributed by atoms with Crippen molar-refractivity contribution in [1.82, 2.24) is 0 Å². The molecule has 0 aromatic carbocycles. The summed E-state index contributed by atoms with van der Waals surface area (Å²) in [5, 5.41) is 0. The van der Waals surface area contributed by atoms with Crippen molar-refractivity contribution in [2.45, 2.75) is 0 Å². The number of aliphatic imine (C=N–C) groups is 1. The van der Waals surface area contributed by atoms with Crippen molar-refractivity contribution in [3.8, 4) is 0 Å². The molecule has 1 nitrogen and oxygen atoms in total. The van der Waals surface area contributed by atoms with Gasteiger partial charge in [0.15, 0.2) is 0 Å². The highest BCUT2D eigenvalue weighted by molar-refractivity contribution is 7.80. The van der Waals surface area contributed by atoms with E-state index in [0.29, 0.717) is 6.54 Å². The van der Waals surface area contributed by atoms with E-state index in [1.165, 1.54) is 0 Å². The van der Waals surface area contributed by atoms with Gasteiger partial charge in [0, 0.05) is 5.75 Å². The Hall–Kier alpha value is -0.240. The minimum absolute atomic E-state index is 0.709. The number of nitrogens with zero attached hydrogens (tertiary/aromatic N) is 1. The van der Waals surface area contributed by atoms with E-state index in [1.54, 1.807) is 0 Å². The Morgan fingerprint density at radius 1 is 1.57 bits per heavy atom. The van der Waals surface area contributed by atoms with Gasteiger partial charge in [0.1, 0.15) is 0 Å². The van der Waals surface area contributed by atoms with Crippen molar-refractivity contribution in [3.63, 3.8) is 0 Å². The van der Waals surface area contributed by atoms with Crippen LogP contribution in [0.1, 0.15) is 0 Å². The second-order valence-electron chi connectivity index (χ2n) is 1.06. The lowest BCUT2D eigenvalue weighted by Gasteiger charge is -1.75. The molecule has 0 aromatic heterocycles. The molecule has 0 rings (SSSR count). The van der Waals surface area contributed by atoms with Gasteiger partial charge in [-0.3, -0.25) is 4.99 Å². The number of thiol groups is 1. The second kappa shape index (κ2) is 5.76. The van der Waals surface area contributed by atoms with Gasteiger partial charge < -0.3 is 0 Å². The predicted octanol–water partition coefficient (Wildman–Crippen LogP) is 1.17. The first-order valence-corrected chi connectivity index (χ1v) is 2.73. The summed E-state index contributed by atoms with van der Waals surface area (Å²) in [7, 11) is 0. The number of hydrogen-bond donors (Lipinski definition) is 1. The lowest BCUT2D eigenvalue weighted by Crippen LogP contribution is -1.67. The Morgan fingerprint density at radius 2 is 2.29 bits per heavy atom. The molecule has 0 saturated heterocycles. The summed E-state index contributed by atoms with van der Waals surface area (Å²) in [4.78, 5) is 3.60. The Labute approximate surface area is 49.6 Å². The topological polar surface area (TPSA) is 12.4 Å². The van der Waals surface area contributed by atoms with Gasteiger partial charge in [-0.25, -0.2) is 0 Å². The molecular weight excluding hydrogens is 106 g/mol. The number of rotatable bonds is 3. The van der Waals surface area contributed by atoms with Crippen molar-refractivity contribution in [2.24, 2.45) is 4.99 Å². The van der Waals surface area contributed by atoms with Gasteiger partial charge in [-0.2, -0.15) is 12.6 Å². The molecule has 0 aliphatic heterocycles. The maximum atomic E-state index is 3.94. The molecule has 0 aliphatic carbocycles. The first kappa shape index (κ1) is 6.76. The molecule has 0 saturated carbocycles. The van der Waals surface area contributed by atoms with Gasteiger partial charge in [-0.15, -0.1) is 0 Å². The van der Waals surface area contributed by atoms with Crippen LogP contribution in [0.25, 0.3) is 0 Å². The molecule has 0 heterocycles. The van der Waals surface area contributed by atoms with Gasteiger partial charge in [0.2, 0.25) is 0 Å². The number of hydrogen-bond acceptors (Lipinski definition) is 2. The SMILES string of the molecule is C=NC/C=C/CS. The normalized spacial score (nSPS) is 9.86. The van der Waals surface area contributed by atoms with Crippen molar-refractivity contribution in [1.29, 1.82) is 0 Å². The average molecular weight is 115 g/mol. The van der Waals surface area contributed by atoms with E-state index >= 15 is 0 Å². The van der Waals surface area contributed by atoms with E-state index in [1.807, 2.05) is 12.2 Å². The molecule has 0 N–H and O–H groups in total. The lowest BCUT2D eigenvalue weighted by molar-refractivity contribution is 1.26. The van der Waals surface area contributed by atoms with E-state index in [0.717, 1.165) is 5.75 Å². The Kier molecular flexibility index (Phi) is 5.56. The van der Waals surface area contributed by atoms with Crippen LogP contribution in [-0.4, -0.2) is 19.0 Å². The molecule has 0 aliphatic rings. The zero-order valence-corrected chi connectivity index (χ0v) is 5.06. The van der Waals surface area contributed by atoms with E-state index in [2.05, 4.69) is 24.3 Å². The fraction of sp³-hybridized carbons (Fsp3) is 0.400. The molecule has 0 fully saturated rings. The lowest BCUT2D eigenvalue weighted by atomic mass is 10.5. The monoisotopic (exact) mass is 115 g/mol. The van der Waals surface area contributed by atoms with Gasteiger partial charge in [-0.1, -0.05) is 12.2 Å². The second-order valence-corrected chi connectivity index (χ2v) is 1.43. The third-order valence-electron chi connectivity index (χ3n) is 0.507. The molecule has 40 valence electrons. The van der Waals surface area contributed by atoms with Crippen LogP contribution < -0.4 is 0 Å². The van der Waals surface area contributed by atoms with Crippen molar-refractivity contribution in [3.05, 3.63) is 12.2 Å². The predicted molar refractivity (Wildman–Crippen MR) is 37.4 cm³/mol. The Morgan fingerprint density at radius 3 is 2.71 bits per heavy atom. The molecule has 0 aromatic rings. The summed E-state index contributed by atoms with van der Waals surface area (Å²) >= 11 is 3.94. The van der Waals surface area contributed by atoms with Crippen LogP contribution in [0.2, 0.25) is 0 Å². The van der Waals surface area contributed by atoms with Crippen LogP contribution in [0.4, 0.5) is 0 Å². The molecule has 0 spiro atoms. The summed E-state index contributed by atoms with van der Waals surface area (Å²) in [5.74, 6) is 0.787. The molecule has 0 bridgehead atoms. The van der Waals surface area contributed by atoms with Crippen molar-refractivity contribution < 1.29 is 0 Å². The summed E-state index contributed by atoms with van der Waals surface area (Å²) < 4.78 is 0. The van der Waals surface area contributed by atoms with Crippen LogP contribution in [0, 0.1) is 0 Å². The van der Waals surface area contributed by atoms with Gasteiger partial charge in [0.05, 0.1) is 6.54 Å². The molecule has 2 heteroatoms. The third kappa shape index (κ3) is 5.76. The quantitative estimate of drug-likeness (QED) is 0.322. The first-order valence-electron chi connectivity index (χ1n) is 2.10. The minimum Gasteiger partial charge on any atom is -0.297 e. The highest BCUT2D eigenvalue weighted by Crippen LogP contribution is 1.76. The molecule has 0 amide bonds. The highest BCUT2D eigenvalue weighted by Gasteiger charge is 1.63. The van der Waals surface area contributed by atoms with Gasteiger partial charge >= 0.3 is 0 Å². The van der Waals surface area contributed by atoms with Gasteiger partial charge in [-0.05, 0) is 6.72 Å². The summed E-state index contributed by atoms with van der Waals surface area (Å²) in [6.07, 6.45) is 3.87. The van der Waals surface area contributed by atoms with E-state index in [4.69, 9.17) is 0 Å². The molecule has 0 atom stereocenters. The molecule has 0 unspecified atom stereocenters. The van der Waals surface area contributed by atoms with Crippen LogP contribution in [0.3, 0.4) is 0 Å². The third-order valence-corrected chi connectivity index (χ3v) is 0.717. The van der Waals surface area contributed by atoms with Crippen LogP contribution >= 0.6 is 12.6 Å². The molecule has 7 heavy (non-hydrogen) atoms. The van der Waals surface area contributed by atoms with Gasteiger partial charge in [0.25, 0.3) is 0 Å². The fourth-order valence-corrected chi connectivity index (χ4v) is 0.373. The van der Waals surface area contributed by atoms with Crippen LogP contribution in [-0.2, 0) is 0 Å². The zero-order chi connectivity index (χ0) is 5.54. The highest BCUT2D eigenvalue weighted by atomic mass is 32.1. The Balaban J connectivity index is 2.92. The molecular formula is C5H9NS. The standard InChI is InChI=1S/C5H9NS/c1-6-4-2-3-5-7/h2-3,7H,1,4-5H2/b3-2+. The van der Waals surface area contributed by atoms with E-state index in [9.17, 15) is 0 Å². The average Bonchev–Trinajstić information content (AvgIpc) is 1.69. The van der Waals surface area contributed by atoms with Crippen LogP contribution in [0.15, 0.2) is 17.1 Å². The van der Waals surface area contributed by atoms with E-state index in [-0.39, 0.29) is 0 Å². The van der Waals surface area contributed by atoms with Crippen LogP contribution in [0.5, 0.6) is 0 Å². The largest absolute Gasteiger partial charge is 0.297 e. The maximum absolute atomic E-state index is 3.94. The fourth-order valence-electron chi connectivity index (χ4n) is 0.224. The first-order chi connectivity index (χ1) is 3.41. The smallest absolute Gasteiger partial charge is 0.0563 e.